The molecule has 0 spiro atoms. The number of aliphatic carboxylic acids is 1. The van der Waals surface area contributed by atoms with Crippen molar-refractivity contribution in [3.8, 4) is 11.1 Å². The lowest BCUT2D eigenvalue weighted by Crippen LogP contribution is -2.28. The maximum atomic E-state index is 13.2. The summed E-state index contributed by atoms with van der Waals surface area (Å²) in [6.45, 7) is 12.4. The summed E-state index contributed by atoms with van der Waals surface area (Å²) in [6.07, 6.45) is 0.609. The second-order valence-corrected chi connectivity index (χ2v) is 10.3. The maximum Gasteiger partial charge on any atom is 0.337 e. The first-order valence-electron chi connectivity index (χ1n) is 11.8. The predicted molar refractivity (Wildman–Crippen MR) is 134 cm³/mol. The number of amides is 1. The van der Waals surface area contributed by atoms with Gasteiger partial charge in [-0.1, -0.05) is 29.8 Å². The quantitative estimate of drug-likeness (QED) is 0.554. The molecule has 0 radical (unpaired) electrons. The molecule has 0 saturated carbocycles. The van der Waals surface area contributed by atoms with Gasteiger partial charge in [0.15, 0.2) is 6.10 Å². The van der Waals surface area contributed by atoms with Crippen molar-refractivity contribution in [3.63, 3.8) is 0 Å². The summed E-state index contributed by atoms with van der Waals surface area (Å²) in [4.78, 5) is 27.5. The Morgan fingerprint density at radius 3 is 2.11 bits per heavy atom. The number of nitrogens with zero attached hydrogens (tertiary/aromatic N) is 3. The minimum Gasteiger partial charge on any atom is -0.479 e. The van der Waals surface area contributed by atoms with Crippen LogP contribution in [0, 0.1) is 20.8 Å². The van der Waals surface area contributed by atoms with Crippen LogP contribution in [0.15, 0.2) is 36.5 Å². The molecule has 1 aromatic heterocycles. The maximum absolute atomic E-state index is 13.2. The first kappa shape index (κ1) is 24.7. The second-order valence-electron chi connectivity index (χ2n) is 10.3. The largest absolute Gasteiger partial charge is 0.479 e. The van der Waals surface area contributed by atoms with Crippen LogP contribution < -0.4 is 0 Å². The lowest BCUT2D eigenvalue weighted by molar-refractivity contribution is -0.160. The third-order valence-corrected chi connectivity index (χ3v) is 6.53. The molecule has 1 atom stereocenters. The van der Waals surface area contributed by atoms with Gasteiger partial charge in [-0.25, -0.2) is 4.79 Å². The number of carboxylic acids is 1. The van der Waals surface area contributed by atoms with Gasteiger partial charge in [0.1, 0.15) is 5.69 Å². The van der Waals surface area contributed by atoms with Gasteiger partial charge in [-0.2, -0.15) is 5.10 Å². The van der Waals surface area contributed by atoms with Crippen molar-refractivity contribution in [1.29, 1.82) is 0 Å². The smallest absolute Gasteiger partial charge is 0.337 e. The highest BCUT2D eigenvalue weighted by Crippen LogP contribution is 2.43. The van der Waals surface area contributed by atoms with E-state index in [1.165, 1.54) is 0 Å². The molecule has 1 amide bonds. The molecule has 7 heteroatoms. The lowest BCUT2D eigenvalue weighted by atomic mass is 9.83. The molecule has 35 heavy (non-hydrogen) atoms. The Hall–Kier alpha value is -3.45. The molecule has 1 aliphatic heterocycles. The van der Waals surface area contributed by atoms with E-state index in [1.807, 2.05) is 65.8 Å². The average Bonchev–Trinajstić information content (AvgIpc) is 3.41. The van der Waals surface area contributed by atoms with Gasteiger partial charge < -0.3 is 14.7 Å². The molecule has 1 N–H and O–H groups in total. The molecule has 2 heterocycles. The number of fused-ring (bicyclic) bond motifs is 1. The van der Waals surface area contributed by atoms with Crippen molar-refractivity contribution in [1.82, 2.24) is 14.7 Å². The van der Waals surface area contributed by atoms with Gasteiger partial charge in [0.2, 0.25) is 0 Å². The Labute approximate surface area is 206 Å². The summed E-state index contributed by atoms with van der Waals surface area (Å²) in [6, 6.07) is 9.81. The first-order valence-corrected chi connectivity index (χ1v) is 11.8. The van der Waals surface area contributed by atoms with Crippen molar-refractivity contribution in [3.05, 3.63) is 75.6 Å². The molecule has 0 bridgehead atoms. The normalized spacial score (nSPS) is 14.2. The van der Waals surface area contributed by atoms with Crippen LogP contribution in [-0.4, -0.2) is 37.3 Å². The average molecular weight is 476 g/mol. The summed E-state index contributed by atoms with van der Waals surface area (Å²) in [7, 11) is 1.78. The fourth-order valence-electron chi connectivity index (χ4n) is 4.86. The summed E-state index contributed by atoms with van der Waals surface area (Å²) >= 11 is 0. The van der Waals surface area contributed by atoms with E-state index in [0.717, 1.165) is 38.9 Å². The Kier molecular flexibility index (Phi) is 6.32. The lowest BCUT2D eigenvalue weighted by Gasteiger charge is -2.29. The molecular formula is C28H33N3O4. The summed E-state index contributed by atoms with van der Waals surface area (Å²) in [5.74, 6) is -1.17. The summed E-state index contributed by atoms with van der Waals surface area (Å²) in [5, 5.41) is 14.5. The Morgan fingerprint density at radius 1 is 1.00 bits per heavy atom. The van der Waals surface area contributed by atoms with Crippen LogP contribution in [0.3, 0.4) is 0 Å². The Balaban J connectivity index is 1.90. The monoisotopic (exact) mass is 475 g/mol. The van der Waals surface area contributed by atoms with Gasteiger partial charge in [-0.05, 0) is 81.0 Å². The van der Waals surface area contributed by atoms with Gasteiger partial charge in [0.05, 0.1) is 5.60 Å². The number of hydrogen-bond donors (Lipinski definition) is 1. The van der Waals surface area contributed by atoms with E-state index >= 15 is 0 Å². The number of carbonyl (C=O) groups is 2. The van der Waals surface area contributed by atoms with Crippen molar-refractivity contribution >= 4 is 11.9 Å². The first-order chi connectivity index (χ1) is 16.4. The number of carbonyl (C=O) groups excluding carboxylic acids is 1. The van der Waals surface area contributed by atoms with Gasteiger partial charge >= 0.3 is 5.97 Å². The Morgan fingerprint density at radius 2 is 1.60 bits per heavy atom. The van der Waals surface area contributed by atoms with Crippen LogP contribution in [0.2, 0.25) is 0 Å². The predicted octanol–water partition coefficient (Wildman–Crippen LogP) is 5.11. The molecule has 2 aromatic carbocycles. The van der Waals surface area contributed by atoms with E-state index in [-0.39, 0.29) is 5.91 Å². The van der Waals surface area contributed by atoms with Crippen molar-refractivity contribution in [2.45, 2.75) is 66.3 Å². The van der Waals surface area contributed by atoms with Crippen LogP contribution in [0.4, 0.5) is 0 Å². The van der Waals surface area contributed by atoms with Crippen LogP contribution in [0.25, 0.3) is 11.1 Å². The van der Waals surface area contributed by atoms with Crippen molar-refractivity contribution in [2.24, 2.45) is 7.05 Å². The topological polar surface area (TPSA) is 84.7 Å². The zero-order valence-electron chi connectivity index (χ0n) is 21.5. The molecule has 0 saturated heterocycles. The number of rotatable bonds is 5. The molecule has 1 aliphatic rings. The van der Waals surface area contributed by atoms with E-state index in [1.54, 1.807) is 28.9 Å². The molecule has 184 valence electrons. The number of benzene rings is 2. The van der Waals surface area contributed by atoms with Crippen molar-refractivity contribution in [2.75, 3.05) is 0 Å². The van der Waals surface area contributed by atoms with Crippen molar-refractivity contribution < 1.29 is 19.4 Å². The van der Waals surface area contributed by atoms with E-state index in [2.05, 4.69) is 5.10 Å². The third kappa shape index (κ3) is 4.73. The number of aryl methyl sites for hydroxylation is 2. The fraction of sp³-hybridized carbons (Fsp3) is 0.393. The van der Waals surface area contributed by atoms with E-state index in [9.17, 15) is 14.7 Å². The second kappa shape index (κ2) is 8.96. The highest BCUT2D eigenvalue weighted by atomic mass is 16.5. The number of carboxylic acid groups (broad SMARTS) is 1. The number of aromatic nitrogens is 2. The molecule has 0 fully saturated rings. The summed E-state index contributed by atoms with van der Waals surface area (Å²) in [5.41, 5.74) is 7.20. The van der Waals surface area contributed by atoms with E-state index in [4.69, 9.17) is 4.74 Å². The number of ether oxygens (including phenoxy) is 1. The molecule has 4 rings (SSSR count). The van der Waals surface area contributed by atoms with E-state index in [0.29, 0.717) is 24.3 Å². The standard InChI is InChI=1S/C28H33N3O4/c1-16-8-10-19(11-9-16)23-17(2)20-14-31(26(32)22-12-13-30(7)29-22)15-21(20)18(3)24(23)25(27(33)34)35-28(4,5)6/h8-13,25H,14-15H2,1-7H3,(H,33,34)/t25-/m0/s1. The fourth-order valence-corrected chi connectivity index (χ4v) is 4.86. The third-order valence-electron chi connectivity index (χ3n) is 6.53. The van der Waals surface area contributed by atoms with Crippen LogP contribution >= 0.6 is 0 Å². The van der Waals surface area contributed by atoms with Gasteiger partial charge in [0.25, 0.3) is 5.91 Å². The number of hydrogen-bond acceptors (Lipinski definition) is 4. The molecular weight excluding hydrogens is 442 g/mol. The van der Waals surface area contributed by atoms with Gasteiger partial charge in [0, 0.05) is 31.9 Å². The minimum atomic E-state index is -1.14. The van der Waals surface area contributed by atoms with Crippen LogP contribution in [0.5, 0.6) is 0 Å². The van der Waals surface area contributed by atoms with Crippen LogP contribution in [-0.2, 0) is 29.7 Å². The Bertz CT molecular complexity index is 1300. The van der Waals surface area contributed by atoms with Crippen LogP contribution in [0.1, 0.15) is 70.7 Å². The van der Waals surface area contributed by atoms with E-state index < -0.39 is 17.7 Å². The molecule has 0 aliphatic carbocycles. The highest BCUT2D eigenvalue weighted by Gasteiger charge is 2.36. The zero-order valence-corrected chi connectivity index (χ0v) is 21.5. The molecule has 7 nitrogen and oxygen atoms in total. The highest BCUT2D eigenvalue weighted by molar-refractivity contribution is 5.93. The summed E-state index contributed by atoms with van der Waals surface area (Å²) < 4.78 is 7.73. The minimum absolute atomic E-state index is 0.139. The zero-order chi connectivity index (χ0) is 25.7. The SMILES string of the molecule is Cc1ccc(-c2c(C)c3c(c(C)c2[C@H](OC(C)(C)C)C(=O)O)CN(C(=O)c2ccn(C)n2)C3)cc1. The molecule has 3 aromatic rings. The van der Waals surface area contributed by atoms with Gasteiger partial charge in [-0.3, -0.25) is 9.48 Å². The molecule has 0 unspecified atom stereocenters. The van der Waals surface area contributed by atoms with Gasteiger partial charge in [-0.15, -0.1) is 0 Å².